The van der Waals surface area contributed by atoms with E-state index in [1.165, 1.54) is 4.90 Å². The number of likely N-dealkylation sites (tertiary alicyclic amines) is 1. The van der Waals surface area contributed by atoms with E-state index in [2.05, 4.69) is 9.83 Å². The van der Waals surface area contributed by atoms with Gasteiger partial charge in [0.2, 0.25) is 0 Å². The molecule has 1 saturated heterocycles. The second kappa shape index (κ2) is 6.02. The SMILES string of the molecule is [C-]#[N+]c1ccc(-n2ccc3cc(C(=O)N4CC[C@@H](F)C4)cnc32)cc1. The molecule has 1 fully saturated rings. The lowest BCUT2D eigenvalue weighted by Crippen LogP contribution is -2.29. The monoisotopic (exact) mass is 334 g/mol. The first-order chi connectivity index (χ1) is 12.2. The predicted molar refractivity (Wildman–Crippen MR) is 92.7 cm³/mol. The summed E-state index contributed by atoms with van der Waals surface area (Å²) in [5.74, 6) is -0.177. The topological polar surface area (TPSA) is 42.5 Å². The van der Waals surface area contributed by atoms with Crippen LogP contribution in [0.15, 0.2) is 48.8 Å². The highest BCUT2D eigenvalue weighted by atomic mass is 19.1. The van der Waals surface area contributed by atoms with E-state index in [0.717, 1.165) is 16.7 Å². The van der Waals surface area contributed by atoms with Crippen molar-refractivity contribution in [1.29, 1.82) is 0 Å². The first kappa shape index (κ1) is 15.3. The van der Waals surface area contributed by atoms with Gasteiger partial charge >= 0.3 is 0 Å². The number of halogens is 1. The third kappa shape index (κ3) is 2.74. The molecule has 0 unspecified atom stereocenters. The van der Waals surface area contributed by atoms with Gasteiger partial charge in [-0.15, -0.1) is 0 Å². The standard InChI is InChI=1S/C19H15FN4O/c1-21-16-2-4-17(5-3-16)24-9-6-13-10-14(11-22-18(13)24)19(25)23-8-7-15(20)12-23/h2-6,9-11,15H,7-8,12H2/t15-/m1/s1. The maximum absolute atomic E-state index is 13.3. The lowest BCUT2D eigenvalue weighted by Gasteiger charge is -2.15. The van der Waals surface area contributed by atoms with Crippen LogP contribution in [0.2, 0.25) is 0 Å². The lowest BCUT2D eigenvalue weighted by atomic mass is 10.2. The summed E-state index contributed by atoms with van der Waals surface area (Å²) in [5.41, 5.74) is 2.69. The molecule has 0 saturated carbocycles. The highest BCUT2D eigenvalue weighted by Gasteiger charge is 2.27. The number of nitrogens with zero attached hydrogens (tertiary/aromatic N) is 4. The zero-order valence-corrected chi connectivity index (χ0v) is 13.4. The summed E-state index contributed by atoms with van der Waals surface area (Å²) in [6.07, 6.45) is 2.89. The van der Waals surface area contributed by atoms with Crippen LogP contribution in [-0.4, -0.2) is 39.6 Å². The molecule has 0 aliphatic carbocycles. The summed E-state index contributed by atoms with van der Waals surface area (Å²) in [7, 11) is 0. The fourth-order valence-electron chi connectivity index (χ4n) is 3.12. The van der Waals surface area contributed by atoms with Crippen molar-refractivity contribution in [2.45, 2.75) is 12.6 Å². The Kier molecular flexibility index (Phi) is 3.69. The molecule has 3 heterocycles. The summed E-state index contributed by atoms with van der Waals surface area (Å²) in [6, 6.07) is 10.9. The van der Waals surface area contributed by atoms with Crippen molar-refractivity contribution in [2.24, 2.45) is 0 Å². The summed E-state index contributed by atoms with van der Waals surface area (Å²) in [5, 5.41) is 0.844. The Morgan fingerprint density at radius 3 is 2.76 bits per heavy atom. The molecule has 6 heteroatoms. The van der Waals surface area contributed by atoms with Gasteiger partial charge in [0, 0.05) is 30.0 Å². The van der Waals surface area contributed by atoms with Crippen molar-refractivity contribution in [2.75, 3.05) is 13.1 Å². The van der Waals surface area contributed by atoms with Gasteiger partial charge in [0.05, 0.1) is 18.7 Å². The van der Waals surface area contributed by atoms with Gasteiger partial charge in [0.15, 0.2) is 5.69 Å². The molecule has 1 atom stereocenters. The molecule has 0 bridgehead atoms. The Hall–Kier alpha value is -3.20. The molecule has 1 aliphatic heterocycles. The zero-order chi connectivity index (χ0) is 17.4. The molecule has 124 valence electrons. The van der Waals surface area contributed by atoms with E-state index in [1.807, 2.05) is 29.0 Å². The number of hydrogen-bond donors (Lipinski definition) is 0. The molecule has 1 amide bonds. The summed E-state index contributed by atoms with van der Waals surface area (Å²) >= 11 is 0. The maximum atomic E-state index is 13.3. The third-order valence-electron chi connectivity index (χ3n) is 4.45. The molecule has 1 aliphatic rings. The second-order valence-corrected chi connectivity index (χ2v) is 6.09. The largest absolute Gasteiger partial charge is 0.336 e. The Balaban J connectivity index is 1.67. The van der Waals surface area contributed by atoms with Crippen molar-refractivity contribution < 1.29 is 9.18 Å². The van der Waals surface area contributed by atoms with Crippen LogP contribution in [0.1, 0.15) is 16.8 Å². The Morgan fingerprint density at radius 2 is 2.08 bits per heavy atom. The molecule has 4 rings (SSSR count). The quantitative estimate of drug-likeness (QED) is 0.670. The fourth-order valence-corrected chi connectivity index (χ4v) is 3.12. The molecular formula is C19H15FN4O. The van der Waals surface area contributed by atoms with Crippen LogP contribution < -0.4 is 0 Å². The highest BCUT2D eigenvalue weighted by molar-refractivity contribution is 5.97. The number of carbonyl (C=O) groups is 1. The first-order valence-corrected chi connectivity index (χ1v) is 8.04. The van der Waals surface area contributed by atoms with Crippen LogP contribution in [-0.2, 0) is 0 Å². The van der Waals surface area contributed by atoms with Crippen LogP contribution in [0.3, 0.4) is 0 Å². The highest BCUT2D eigenvalue weighted by Crippen LogP contribution is 2.23. The Morgan fingerprint density at radius 1 is 1.28 bits per heavy atom. The van der Waals surface area contributed by atoms with Gasteiger partial charge in [-0.3, -0.25) is 4.79 Å². The first-order valence-electron chi connectivity index (χ1n) is 8.04. The van der Waals surface area contributed by atoms with E-state index in [-0.39, 0.29) is 12.5 Å². The number of hydrogen-bond acceptors (Lipinski definition) is 2. The van der Waals surface area contributed by atoms with E-state index in [4.69, 9.17) is 6.57 Å². The van der Waals surface area contributed by atoms with Crippen molar-refractivity contribution >= 4 is 22.6 Å². The Bertz CT molecular complexity index is 987. The molecule has 3 aromatic rings. The molecule has 1 aromatic carbocycles. The molecular weight excluding hydrogens is 319 g/mol. The third-order valence-corrected chi connectivity index (χ3v) is 4.45. The number of alkyl halides is 1. The average Bonchev–Trinajstić information content (AvgIpc) is 3.27. The predicted octanol–water partition coefficient (Wildman–Crippen LogP) is 3.76. The van der Waals surface area contributed by atoms with Crippen LogP contribution in [0, 0.1) is 6.57 Å². The van der Waals surface area contributed by atoms with Crippen molar-refractivity contribution in [3.8, 4) is 5.69 Å². The van der Waals surface area contributed by atoms with Crippen molar-refractivity contribution in [3.63, 3.8) is 0 Å². The minimum atomic E-state index is -0.930. The van der Waals surface area contributed by atoms with Gasteiger partial charge in [-0.2, -0.15) is 0 Å². The number of carbonyl (C=O) groups excluding carboxylic acids is 1. The molecule has 0 N–H and O–H groups in total. The van der Waals surface area contributed by atoms with Crippen molar-refractivity contribution in [3.05, 3.63) is 65.8 Å². The van der Waals surface area contributed by atoms with Gasteiger partial charge in [-0.25, -0.2) is 14.2 Å². The summed E-state index contributed by atoms with van der Waals surface area (Å²) < 4.78 is 15.2. The van der Waals surface area contributed by atoms with Gasteiger partial charge in [0.1, 0.15) is 11.8 Å². The smallest absolute Gasteiger partial charge is 0.255 e. The van der Waals surface area contributed by atoms with Crippen LogP contribution in [0.4, 0.5) is 10.1 Å². The van der Waals surface area contributed by atoms with Gasteiger partial charge in [-0.05, 0) is 30.7 Å². The molecule has 0 radical (unpaired) electrons. The lowest BCUT2D eigenvalue weighted by molar-refractivity contribution is 0.0782. The normalized spacial score (nSPS) is 17.0. The van der Waals surface area contributed by atoms with Crippen LogP contribution in [0.5, 0.6) is 0 Å². The molecule has 25 heavy (non-hydrogen) atoms. The second-order valence-electron chi connectivity index (χ2n) is 6.09. The van der Waals surface area contributed by atoms with Gasteiger partial charge in [-0.1, -0.05) is 12.1 Å². The summed E-state index contributed by atoms with van der Waals surface area (Å²) in [6.45, 7) is 7.62. The maximum Gasteiger partial charge on any atom is 0.255 e. The van der Waals surface area contributed by atoms with E-state index < -0.39 is 6.17 Å². The average molecular weight is 334 g/mol. The zero-order valence-electron chi connectivity index (χ0n) is 13.4. The van der Waals surface area contributed by atoms with Gasteiger partial charge in [0.25, 0.3) is 5.91 Å². The Labute approximate surface area is 144 Å². The van der Waals surface area contributed by atoms with E-state index in [0.29, 0.717) is 24.2 Å². The van der Waals surface area contributed by atoms with Crippen molar-refractivity contribution in [1.82, 2.24) is 14.5 Å². The molecule has 5 nitrogen and oxygen atoms in total. The molecule has 0 spiro atoms. The number of rotatable bonds is 2. The molecule has 2 aromatic heterocycles. The minimum Gasteiger partial charge on any atom is -0.336 e. The number of benzene rings is 1. The van der Waals surface area contributed by atoms with Gasteiger partial charge < -0.3 is 9.47 Å². The van der Waals surface area contributed by atoms with Crippen LogP contribution >= 0.6 is 0 Å². The van der Waals surface area contributed by atoms with Crippen LogP contribution in [0.25, 0.3) is 21.6 Å². The summed E-state index contributed by atoms with van der Waals surface area (Å²) in [4.78, 5) is 21.8. The number of amides is 1. The number of pyridine rings is 1. The van der Waals surface area contributed by atoms with E-state index in [1.54, 1.807) is 24.4 Å². The minimum absolute atomic E-state index is 0.158. The number of fused-ring (bicyclic) bond motifs is 1. The fraction of sp³-hybridized carbons (Fsp3) is 0.211. The van der Waals surface area contributed by atoms with E-state index in [9.17, 15) is 9.18 Å². The number of aromatic nitrogens is 2. The van der Waals surface area contributed by atoms with E-state index >= 15 is 0 Å².